The first-order valence-electron chi connectivity index (χ1n) is 6.03. The first-order chi connectivity index (χ1) is 7.58. The largest absolute Gasteiger partial charge is 0.491 e. The van der Waals surface area contributed by atoms with E-state index in [9.17, 15) is 0 Å². The Kier molecular flexibility index (Phi) is 2.94. The molecular formula is C14H21NO. The van der Waals surface area contributed by atoms with Crippen LogP contribution in [0.5, 0.6) is 5.75 Å². The van der Waals surface area contributed by atoms with Crippen molar-refractivity contribution in [3.8, 4) is 5.75 Å². The fraction of sp³-hybridized carbons (Fsp3) is 0.571. The summed E-state index contributed by atoms with van der Waals surface area (Å²) in [6.07, 6.45) is 1.15. The smallest absolute Gasteiger partial charge is 0.124 e. The van der Waals surface area contributed by atoms with Gasteiger partial charge in [-0.25, -0.2) is 0 Å². The number of hydrogen-bond acceptors (Lipinski definition) is 2. The van der Waals surface area contributed by atoms with Gasteiger partial charge in [-0.2, -0.15) is 0 Å². The monoisotopic (exact) mass is 219 g/mol. The summed E-state index contributed by atoms with van der Waals surface area (Å²) in [6.45, 7) is 7.57. The summed E-state index contributed by atoms with van der Waals surface area (Å²) in [5.74, 6) is 1.04. The molecular weight excluding hydrogens is 198 g/mol. The van der Waals surface area contributed by atoms with E-state index >= 15 is 0 Å². The van der Waals surface area contributed by atoms with Crippen molar-refractivity contribution in [2.45, 2.75) is 38.6 Å². The van der Waals surface area contributed by atoms with Crippen LogP contribution in [0.2, 0.25) is 0 Å². The Hall–Kier alpha value is -1.02. The second-order valence-corrected chi connectivity index (χ2v) is 5.14. The number of rotatable bonds is 3. The van der Waals surface area contributed by atoms with E-state index in [-0.39, 0.29) is 5.41 Å². The number of nitrogens with one attached hydrogen (secondary N) is 1. The van der Waals surface area contributed by atoms with E-state index in [0.717, 1.165) is 18.8 Å². The van der Waals surface area contributed by atoms with Crippen molar-refractivity contribution in [1.82, 2.24) is 5.32 Å². The molecule has 1 aliphatic heterocycles. The molecule has 88 valence electrons. The van der Waals surface area contributed by atoms with Gasteiger partial charge in [0, 0.05) is 5.56 Å². The molecule has 16 heavy (non-hydrogen) atoms. The molecule has 2 rings (SSSR count). The first-order valence-corrected chi connectivity index (χ1v) is 6.03. The molecule has 2 heteroatoms. The van der Waals surface area contributed by atoms with Crippen molar-refractivity contribution in [3.63, 3.8) is 0 Å². The Morgan fingerprint density at radius 2 is 2.19 bits per heavy atom. The van der Waals surface area contributed by atoms with Crippen LogP contribution in [-0.4, -0.2) is 13.7 Å². The van der Waals surface area contributed by atoms with E-state index in [0.29, 0.717) is 6.04 Å². The molecule has 0 amide bonds. The van der Waals surface area contributed by atoms with Crippen molar-refractivity contribution in [2.24, 2.45) is 0 Å². The molecule has 0 bridgehead atoms. The minimum atomic E-state index is 0.246. The molecule has 0 aromatic heterocycles. The van der Waals surface area contributed by atoms with Crippen LogP contribution in [0.15, 0.2) is 18.2 Å². The Morgan fingerprint density at radius 1 is 1.44 bits per heavy atom. The van der Waals surface area contributed by atoms with Crippen molar-refractivity contribution in [1.29, 1.82) is 0 Å². The zero-order valence-electron chi connectivity index (χ0n) is 10.6. The van der Waals surface area contributed by atoms with Gasteiger partial charge in [0.15, 0.2) is 0 Å². The lowest BCUT2D eigenvalue weighted by atomic mass is 9.81. The summed E-state index contributed by atoms with van der Waals surface area (Å²) in [6, 6.07) is 6.95. The molecule has 1 heterocycles. The zero-order chi connectivity index (χ0) is 11.8. The van der Waals surface area contributed by atoms with Crippen molar-refractivity contribution in [3.05, 3.63) is 29.3 Å². The third kappa shape index (κ3) is 1.82. The van der Waals surface area contributed by atoms with Gasteiger partial charge in [-0.3, -0.25) is 0 Å². The van der Waals surface area contributed by atoms with E-state index < -0.39 is 0 Å². The standard InChI is InChI=1S/C14H21NO/c1-5-14(2,3)10-6-7-13-11(8-10)12(15-4)9-16-13/h6-8,12,15H,5,9H2,1-4H3. The topological polar surface area (TPSA) is 21.3 Å². The van der Waals surface area contributed by atoms with Crippen LogP contribution in [0.25, 0.3) is 0 Å². The summed E-state index contributed by atoms with van der Waals surface area (Å²) in [7, 11) is 1.99. The molecule has 0 radical (unpaired) electrons. The van der Waals surface area contributed by atoms with Gasteiger partial charge >= 0.3 is 0 Å². The maximum absolute atomic E-state index is 5.64. The average Bonchev–Trinajstić information content (AvgIpc) is 2.70. The molecule has 0 spiro atoms. The fourth-order valence-electron chi connectivity index (χ4n) is 2.08. The van der Waals surface area contributed by atoms with Gasteiger partial charge in [0.05, 0.1) is 6.04 Å². The van der Waals surface area contributed by atoms with Gasteiger partial charge < -0.3 is 10.1 Å². The predicted molar refractivity (Wildman–Crippen MR) is 67.1 cm³/mol. The van der Waals surface area contributed by atoms with Crippen molar-refractivity contribution in [2.75, 3.05) is 13.7 Å². The van der Waals surface area contributed by atoms with Crippen LogP contribution >= 0.6 is 0 Å². The first kappa shape index (κ1) is 11.5. The molecule has 0 saturated carbocycles. The summed E-state index contributed by atoms with van der Waals surface area (Å²) < 4.78 is 5.64. The second kappa shape index (κ2) is 4.10. The Bertz CT molecular complexity index is 384. The highest BCUT2D eigenvalue weighted by molar-refractivity contribution is 5.44. The lowest BCUT2D eigenvalue weighted by Crippen LogP contribution is -2.19. The predicted octanol–water partition coefficient (Wildman–Crippen LogP) is 3.03. The maximum atomic E-state index is 5.64. The van der Waals surface area contributed by atoms with Crippen LogP contribution in [0, 0.1) is 0 Å². The van der Waals surface area contributed by atoms with E-state index in [2.05, 4.69) is 44.3 Å². The molecule has 1 aromatic carbocycles. The molecule has 2 nitrogen and oxygen atoms in total. The van der Waals surface area contributed by atoms with E-state index in [1.165, 1.54) is 11.1 Å². The van der Waals surface area contributed by atoms with Crippen molar-refractivity contribution < 1.29 is 4.74 Å². The third-order valence-electron chi connectivity index (χ3n) is 3.80. The molecule has 1 aromatic rings. The molecule has 1 unspecified atom stereocenters. The number of ether oxygens (including phenoxy) is 1. The highest BCUT2D eigenvalue weighted by Gasteiger charge is 2.26. The van der Waals surface area contributed by atoms with E-state index in [4.69, 9.17) is 4.74 Å². The van der Waals surface area contributed by atoms with Gasteiger partial charge in [-0.15, -0.1) is 0 Å². The zero-order valence-corrected chi connectivity index (χ0v) is 10.6. The minimum Gasteiger partial charge on any atom is -0.491 e. The molecule has 0 saturated heterocycles. The molecule has 0 aliphatic carbocycles. The third-order valence-corrected chi connectivity index (χ3v) is 3.80. The summed E-state index contributed by atoms with van der Waals surface area (Å²) >= 11 is 0. The second-order valence-electron chi connectivity index (χ2n) is 5.14. The van der Waals surface area contributed by atoms with Crippen LogP contribution in [0.1, 0.15) is 44.4 Å². The summed E-state index contributed by atoms with van der Waals surface area (Å²) in [5.41, 5.74) is 2.96. The lowest BCUT2D eigenvalue weighted by Gasteiger charge is -2.24. The van der Waals surface area contributed by atoms with Gasteiger partial charge in [-0.1, -0.05) is 26.8 Å². The van der Waals surface area contributed by atoms with Crippen LogP contribution in [0.3, 0.4) is 0 Å². The Labute approximate surface area is 98.0 Å². The Balaban J connectivity index is 2.39. The van der Waals surface area contributed by atoms with Gasteiger partial charge in [0.1, 0.15) is 12.4 Å². The number of benzene rings is 1. The SMILES string of the molecule is CCC(C)(C)c1ccc2c(c1)C(NC)CO2. The van der Waals surface area contributed by atoms with Crippen LogP contribution in [-0.2, 0) is 5.41 Å². The molecule has 1 atom stereocenters. The summed E-state index contributed by atoms with van der Waals surface area (Å²) in [5, 5.41) is 3.29. The quantitative estimate of drug-likeness (QED) is 0.843. The van der Waals surface area contributed by atoms with Crippen LogP contribution < -0.4 is 10.1 Å². The minimum absolute atomic E-state index is 0.246. The molecule has 0 fully saturated rings. The van der Waals surface area contributed by atoms with E-state index in [1.54, 1.807) is 0 Å². The fourth-order valence-corrected chi connectivity index (χ4v) is 2.08. The van der Waals surface area contributed by atoms with Crippen molar-refractivity contribution >= 4 is 0 Å². The Morgan fingerprint density at radius 3 is 2.81 bits per heavy atom. The highest BCUT2D eigenvalue weighted by atomic mass is 16.5. The number of fused-ring (bicyclic) bond motifs is 1. The normalized spacial score (nSPS) is 19.4. The average molecular weight is 219 g/mol. The van der Waals surface area contributed by atoms with Gasteiger partial charge in [0.25, 0.3) is 0 Å². The maximum Gasteiger partial charge on any atom is 0.124 e. The lowest BCUT2D eigenvalue weighted by molar-refractivity contribution is 0.318. The highest BCUT2D eigenvalue weighted by Crippen LogP contribution is 2.36. The number of hydrogen-bond donors (Lipinski definition) is 1. The summed E-state index contributed by atoms with van der Waals surface area (Å²) in [4.78, 5) is 0. The van der Waals surface area contributed by atoms with Crippen LogP contribution in [0.4, 0.5) is 0 Å². The molecule has 1 aliphatic rings. The van der Waals surface area contributed by atoms with Gasteiger partial charge in [-0.05, 0) is 36.6 Å². The molecule has 1 N–H and O–H groups in total. The van der Waals surface area contributed by atoms with E-state index in [1.807, 2.05) is 7.05 Å². The van der Waals surface area contributed by atoms with Gasteiger partial charge in [0.2, 0.25) is 0 Å². The number of likely N-dealkylation sites (N-methyl/N-ethyl adjacent to an activating group) is 1.